The molecule has 0 aromatic heterocycles. The topological polar surface area (TPSA) is 6.48 Å². The van der Waals surface area contributed by atoms with Gasteiger partial charge in [0.1, 0.15) is 0 Å². The fourth-order valence-corrected chi connectivity index (χ4v) is 2.55. The van der Waals surface area contributed by atoms with Crippen molar-refractivity contribution in [1.82, 2.24) is 0 Å². The maximum atomic E-state index is 5.25. The number of para-hydroxylation sites is 2. The standard InChI is InChI=1S/C14H12N2S4.2Na/c17-13(18)15(11-7-3-1-4-8-11)16(14(19)20)12-9-5-2-6-10-12;;/h1-10H,(H,17,18)(H,19,20);;. The fraction of sp³-hybridized carbons (Fsp3) is 0. The van der Waals surface area contributed by atoms with Crippen LogP contribution in [-0.2, 0) is 0 Å². The molecular weight excluding hydrogens is 370 g/mol. The second-order valence-electron chi connectivity index (χ2n) is 3.86. The predicted molar refractivity (Wildman–Crippen MR) is 113 cm³/mol. The zero-order chi connectivity index (χ0) is 14.5. The molecule has 2 aromatic rings. The van der Waals surface area contributed by atoms with Crippen LogP contribution in [0, 0.1) is 0 Å². The van der Waals surface area contributed by atoms with E-state index in [2.05, 4.69) is 25.3 Å². The third kappa shape index (κ3) is 6.09. The Morgan fingerprint density at radius 1 is 0.636 bits per heavy atom. The van der Waals surface area contributed by atoms with E-state index >= 15 is 0 Å². The Hall–Kier alpha value is 0.920. The van der Waals surface area contributed by atoms with Crippen LogP contribution in [0.4, 0.5) is 11.4 Å². The van der Waals surface area contributed by atoms with Crippen LogP contribution in [0.2, 0.25) is 0 Å². The summed E-state index contributed by atoms with van der Waals surface area (Å²) in [5.74, 6) is 0. The number of thiol groups is 2. The SMILES string of the molecule is S=C(S)N(c1ccccc1)N(C(=S)S)c1ccccc1.[Na].[Na]. The molecule has 2 rings (SSSR count). The molecule has 0 N–H and O–H groups in total. The smallest absolute Gasteiger partial charge is 0.157 e. The summed E-state index contributed by atoms with van der Waals surface area (Å²) in [4.78, 5) is 0. The molecule has 0 saturated heterocycles. The molecule has 0 aliphatic rings. The monoisotopic (exact) mass is 382 g/mol. The molecule has 104 valence electrons. The molecule has 0 atom stereocenters. The third-order valence-electron chi connectivity index (χ3n) is 2.56. The number of thiocarbonyl (C=S) groups is 2. The van der Waals surface area contributed by atoms with E-state index in [1.165, 1.54) is 0 Å². The van der Waals surface area contributed by atoms with Crippen LogP contribution in [0.25, 0.3) is 0 Å². The van der Waals surface area contributed by atoms with Gasteiger partial charge < -0.3 is 0 Å². The van der Waals surface area contributed by atoms with Crippen molar-refractivity contribution in [3.8, 4) is 0 Å². The fourth-order valence-electron chi connectivity index (χ4n) is 1.76. The number of nitrogens with zero attached hydrogens (tertiary/aromatic N) is 2. The molecule has 0 aliphatic heterocycles. The third-order valence-corrected chi connectivity index (χ3v) is 3.29. The van der Waals surface area contributed by atoms with E-state index < -0.39 is 0 Å². The minimum absolute atomic E-state index is 0. The Morgan fingerprint density at radius 3 is 1.14 bits per heavy atom. The molecule has 0 amide bonds. The van der Waals surface area contributed by atoms with Crippen molar-refractivity contribution in [1.29, 1.82) is 0 Å². The number of hydrogen-bond acceptors (Lipinski definition) is 2. The number of hydrazine groups is 1. The van der Waals surface area contributed by atoms with Gasteiger partial charge in [0.15, 0.2) is 8.64 Å². The first-order valence-electron chi connectivity index (χ1n) is 5.77. The van der Waals surface area contributed by atoms with Gasteiger partial charge in [-0.25, -0.2) is 10.0 Å². The summed E-state index contributed by atoms with van der Waals surface area (Å²) >= 11 is 19.1. The molecule has 2 aromatic carbocycles. The van der Waals surface area contributed by atoms with Crippen molar-refractivity contribution in [2.45, 2.75) is 0 Å². The van der Waals surface area contributed by atoms with E-state index in [1.54, 1.807) is 10.0 Å². The van der Waals surface area contributed by atoms with E-state index in [0.717, 1.165) is 11.4 Å². The molecule has 2 radical (unpaired) electrons. The first-order chi connectivity index (χ1) is 9.61. The molecule has 0 aliphatic carbocycles. The summed E-state index contributed by atoms with van der Waals surface area (Å²) in [6.45, 7) is 0. The van der Waals surface area contributed by atoms with Crippen LogP contribution < -0.4 is 10.0 Å². The maximum Gasteiger partial charge on any atom is 0.157 e. The van der Waals surface area contributed by atoms with Gasteiger partial charge in [-0.2, -0.15) is 0 Å². The Kier molecular flexibility index (Phi) is 11.9. The van der Waals surface area contributed by atoms with Crippen LogP contribution in [0.5, 0.6) is 0 Å². The molecule has 0 spiro atoms. The van der Waals surface area contributed by atoms with Gasteiger partial charge in [-0.3, -0.25) is 0 Å². The Bertz CT molecular complexity index is 555. The quantitative estimate of drug-likeness (QED) is 0.355. The molecule has 0 unspecified atom stereocenters. The normalized spacial score (nSPS) is 9.00. The minimum Gasteiger partial charge on any atom is -0.231 e. The van der Waals surface area contributed by atoms with E-state index in [0.29, 0.717) is 8.64 Å². The first kappa shape index (κ1) is 22.9. The molecule has 0 heterocycles. The van der Waals surface area contributed by atoms with Crippen LogP contribution in [0.15, 0.2) is 60.7 Å². The Balaban J connectivity index is 0.00000220. The summed E-state index contributed by atoms with van der Waals surface area (Å²) < 4.78 is 0.771. The number of benzene rings is 2. The van der Waals surface area contributed by atoms with Crippen molar-refractivity contribution in [2.24, 2.45) is 0 Å². The molecule has 2 nitrogen and oxygen atoms in total. The van der Waals surface area contributed by atoms with E-state index in [4.69, 9.17) is 24.4 Å². The number of anilines is 2. The summed E-state index contributed by atoms with van der Waals surface area (Å²) in [5, 5.41) is 3.48. The first-order valence-corrected chi connectivity index (χ1v) is 7.48. The van der Waals surface area contributed by atoms with Crippen LogP contribution in [0.3, 0.4) is 0 Å². The largest absolute Gasteiger partial charge is 0.231 e. The van der Waals surface area contributed by atoms with E-state index in [9.17, 15) is 0 Å². The minimum atomic E-state index is 0. The van der Waals surface area contributed by atoms with Gasteiger partial charge in [-0.05, 0) is 24.3 Å². The van der Waals surface area contributed by atoms with Crippen molar-refractivity contribution >= 4 is 129 Å². The van der Waals surface area contributed by atoms with Crippen molar-refractivity contribution in [3.05, 3.63) is 60.7 Å². The van der Waals surface area contributed by atoms with Crippen LogP contribution in [0.1, 0.15) is 0 Å². The molecule has 8 heteroatoms. The zero-order valence-electron chi connectivity index (χ0n) is 12.4. The second-order valence-corrected chi connectivity index (χ2v) is 6.09. The maximum absolute atomic E-state index is 5.25. The van der Waals surface area contributed by atoms with Gasteiger partial charge in [0.05, 0.1) is 11.4 Å². The van der Waals surface area contributed by atoms with Crippen LogP contribution in [-0.4, -0.2) is 67.8 Å². The average molecular weight is 383 g/mol. The van der Waals surface area contributed by atoms with Gasteiger partial charge in [0.25, 0.3) is 0 Å². The van der Waals surface area contributed by atoms with Crippen LogP contribution >= 0.6 is 49.7 Å². The summed E-state index contributed by atoms with van der Waals surface area (Å²) in [7, 11) is 0. The molecule has 0 bridgehead atoms. The van der Waals surface area contributed by atoms with E-state index in [-0.39, 0.29) is 59.1 Å². The van der Waals surface area contributed by atoms with Crippen molar-refractivity contribution in [2.75, 3.05) is 10.0 Å². The van der Waals surface area contributed by atoms with Crippen molar-refractivity contribution in [3.63, 3.8) is 0 Å². The van der Waals surface area contributed by atoms with E-state index in [1.807, 2.05) is 60.7 Å². The number of hydrogen-bond donors (Lipinski definition) is 2. The predicted octanol–water partition coefficient (Wildman–Crippen LogP) is 3.58. The summed E-state index contributed by atoms with van der Waals surface area (Å²) in [6.07, 6.45) is 0. The summed E-state index contributed by atoms with van der Waals surface area (Å²) in [6, 6.07) is 19.3. The second kappa shape index (κ2) is 11.5. The average Bonchev–Trinajstić information content (AvgIpc) is 2.45. The molecule has 0 fully saturated rings. The zero-order valence-corrected chi connectivity index (χ0v) is 19.8. The van der Waals surface area contributed by atoms with Gasteiger partial charge >= 0.3 is 0 Å². The van der Waals surface area contributed by atoms with Gasteiger partial charge in [0, 0.05) is 59.1 Å². The summed E-state index contributed by atoms with van der Waals surface area (Å²) in [5.41, 5.74) is 1.74. The number of rotatable bonds is 2. The molecule has 0 saturated carbocycles. The van der Waals surface area contributed by atoms with Crippen molar-refractivity contribution < 1.29 is 0 Å². The Morgan fingerprint density at radius 2 is 0.909 bits per heavy atom. The van der Waals surface area contributed by atoms with Gasteiger partial charge in [-0.1, -0.05) is 60.8 Å². The molecule has 22 heavy (non-hydrogen) atoms. The van der Waals surface area contributed by atoms with Gasteiger partial charge in [0.2, 0.25) is 0 Å². The Labute approximate surface area is 197 Å². The van der Waals surface area contributed by atoms with Gasteiger partial charge in [-0.15, -0.1) is 25.3 Å². The molecular formula is C14H12N2Na2S4.